The Labute approximate surface area is 116 Å². The Morgan fingerprint density at radius 3 is 2.47 bits per heavy atom. The first-order valence-corrected chi connectivity index (χ1v) is 6.02. The zero-order valence-corrected chi connectivity index (χ0v) is 11.7. The van der Waals surface area contributed by atoms with Crippen LogP contribution in [-0.4, -0.2) is 29.0 Å². The summed E-state index contributed by atoms with van der Waals surface area (Å²) in [5, 5.41) is 0. The SMILES string of the molecule is CN(C)c1nc(N)nc(-c2c(F)ccc(Br)c2F)n1. The van der Waals surface area contributed by atoms with E-state index in [1.165, 1.54) is 6.07 Å². The number of nitrogens with two attached hydrogens (primary N) is 1. The van der Waals surface area contributed by atoms with E-state index in [0.29, 0.717) is 0 Å². The van der Waals surface area contributed by atoms with Gasteiger partial charge in [-0.25, -0.2) is 8.78 Å². The molecule has 0 bridgehead atoms. The molecule has 0 amide bonds. The number of hydrogen-bond acceptors (Lipinski definition) is 5. The highest BCUT2D eigenvalue weighted by molar-refractivity contribution is 9.10. The van der Waals surface area contributed by atoms with E-state index in [1.54, 1.807) is 19.0 Å². The molecule has 1 aromatic carbocycles. The highest BCUT2D eigenvalue weighted by Crippen LogP contribution is 2.29. The maximum absolute atomic E-state index is 14.0. The molecule has 0 saturated heterocycles. The monoisotopic (exact) mass is 329 g/mol. The second kappa shape index (κ2) is 5.04. The summed E-state index contributed by atoms with van der Waals surface area (Å²) in [6.45, 7) is 0. The molecule has 0 unspecified atom stereocenters. The van der Waals surface area contributed by atoms with E-state index in [-0.39, 0.29) is 27.8 Å². The fourth-order valence-electron chi connectivity index (χ4n) is 1.42. The van der Waals surface area contributed by atoms with Crippen LogP contribution in [0.25, 0.3) is 11.4 Å². The van der Waals surface area contributed by atoms with E-state index in [2.05, 4.69) is 30.9 Å². The molecule has 1 aromatic heterocycles. The van der Waals surface area contributed by atoms with Crippen molar-refractivity contribution in [3.8, 4) is 11.4 Å². The second-order valence-electron chi connectivity index (χ2n) is 3.93. The Hall–Kier alpha value is -1.83. The van der Waals surface area contributed by atoms with Crippen LogP contribution < -0.4 is 10.6 Å². The number of nitrogens with zero attached hydrogens (tertiary/aromatic N) is 4. The molecule has 0 spiro atoms. The molecule has 8 heteroatoms. The lowest BCUT2D eigenvalue weighted by Crippen LogP contribution is -2.15. The largest absolute Gasteiger partial charge is 0.368 e. The predicted octanol–water partition coefficient (Wildman–Crippen LogP) is 2.23. The van der Waals surface area contributed by atoms with Gasteiger partial charge in [-0.15, -0.1) is 0 Å². The Morgan fingerprint density at radius 1 is 1.16 bits per heavy atom. The highest BCUT2D eigenvalue weighted by atomic mass is 79.9. The van der Waals surface area contributed by atoms with Gasteiger partial charge in [0.1, 0.15) is 5.82 Å². The lowest BCUT2D eigenvalue weighted by molar-refractivity contribution is 0.583. The maximum Gasteiger partial charge on any atom is 0.230 e. The van der Waals surface area contributed by atoms with Gasteiger partial charge in [0.25, 0.3) is 0 Å². The lowest BCUT2D eigenvalue weighted by atomic mass is 10.2. The molecule has 2 N–H and O–H groups in total. The Morgan fingerprint density at radius 2 is 1.84 bits per heavy atom. The van der Waals surface area contributed by atoms with Crippen LogP contribution in [0.4, 0.5) is 20.7 Å². The normalized spacial score (nSPS) is 10.6. The first-order chi connectivity index (χ1) is 8.90. The molecule has 5 nitrogen and oxygen atoms in total. The van der Waals surface area contributed by atoms with Crippen LogP contribution in [-0.2, 0) is 0 Å². The van der Waals surface area contributed by atoms with Gasteiger partial charge in [0.15, 0.2) is 11.6 Å². The Kier molecular flexibility index (Phi) is 3.61. The fourth-order valence-corrected chi connectivity index (χ4v) is 1.75. The smallest absolute Gasteiger partial charge is 0.230 e. The summed E-state index contributed by atoms with van der Waals surface area (Å²) >= 11 is 2.99. The molecule has 100 valence electrons. The first-order valence-electron chi connectivity index (χ1n) is 5.23. The molecule has 0 radical (unpaired) electrons. The van der Waals surface area contributed by atoms with Crippen molar-refractivity contribution < 1.29 is 8.78 Å². The summed E-state index contributed by atoms with van der Waals surface area (Å²) in [6, 6.07) is 2.39. The quantitative estimate of drug-likeness (QED) is 0.856. The maximum atomic E-state index is 14.0. The minimum absolute atomic E-state index is 0.104. The van der Waals surface area contributed by atoms with Crippen molar-refractivity contribution in [2.75, 3.05) is 24.7 Å². The summed E-state index contributed by atoms with van der Waals surface area (Å²) in [6.07, 6.45) is 0. The van der Waals surface area contributed by atoms with Crippen LogP contribution in [0.5, 0.6) is 0 Å². The molecule has 19 heavy (non-hydrogen) atoms. The first kappa shape index (κ1) is 13.6. The van der Waals surface area contributed by atoms with Gasteiger partial charge >= 0.3 is 0 Å². The van der Waals surface area contributed by atoms with Crippen LogP contribution in [0, 0.1) is 11.6 Å². The van der Waals surface area contributed by atoms with Gasteiger partial charge in [0, 0.05) is 14.1 Å². The third kappa shape index (κ3) is 2.62. The van der Waals surface area contributed by atoms with Crippen LogP contribution in [0.1, 0.15) is 0 Å². The molecule has 2 aromatic rings. The minimum atomic E-state index is -0.782. The summed E-state index contributed by atoms with van der Waals surface area (Å²) < 4.78 is 27.9. The van der Waals surface area contributed by atoms with Gasteiger partial charge in [0.2, 0.25) is 11.9 Å². The van der Waals surface area contributed by atoms with Gasteiger partial charge in [0.05, 0.1) is 10.0 Å². The Balaban J connectivity index is 2.69. The van der Waals surface area contributed by atoms with Crippen molar-refractivity contribution in [1.29, 1.82) is 0 Å². The van der Waals surface area contributed by atoms with Crippen molar-refractivity contribution >= 4 is 27.8 Å². The van der Waals surface area contributed by atoms with Gasteiger partial charge < -0.3 is 10.6 Å². The third-order valence-electron chi connectivity index (χ3n) is 2.31. The second-order valence-corrected chi connectivity index (χ2v) is 4.78. The van der Waals surface area contributed by atoms with E-state index in [9.17, 15) is 8.78 Å². The molecule has 0 aliphatic heterocycles. The molecule has 0 saturated carbocycles. The number of nitrogen functional groups attached to an aromatic ring is 1. The zero-order valence-electron chi connectivity index (χ0n) is 10.2. The number of benzene rings is 1. The molecular formula is C11H10BrF2N5. The minimum Gasteiger partial charge on any atom is -0.368 e. The number of halogens is 3. The lowest BCUT2D eigenvalue weighted by Gasteiger charge is -2.12. The van der Waals surface area contributed by atoms with Crippen molar-refractivity contribution in [3.05, 3.63) is 28.2 Å². The number of rotatable bonds is 2. The van der Waals surface area contributed by atoms with Gasteiger partial charge in [-0.3, -0.25) is 0 Å². The van der Waals surface area contributed by atoms with E-state index >= 15 is 0 Å². The average molecular weight is 330 g/mol. The van der Waals surface area contributed by atoms with Gasteiger partial charge in [-0.2, -0.15) is 15.0 Å². The molecule has 2 rings (SSSR count). The van der Waals surface area contributed by atoms with Crippen molar-refractivity contribution in [1.82, 2.24) is 15.0 Å². The molecule has 0 aliphatic rings. The third-order valence-corrected chi connectivity index (χ3v) is 2.92. The van der Waals surface area contributed by atoms with E-state index in [0.717, 1.165) is 6.07 Å². The average Bonchev–Trinajstić information content (AvgIpc) is 2.34. The number of anilines is 2. The topological polar surface area (TPSA) is 67.9 Å². The van der Waals surface area contributed by atoms with Crippen LogP contribution >= 0.6 is 15.9 Å². The number of aromatic nitrogens is 3. The molecule has 0 fully saturated rings. The summed E-state index contributed by atoms with van der Waals surface area (Å²) in [7, 11) is 3.37. The summed E-state index contributed by atoms with van der Waals surface area (Å²) in [4.78, 5) is 13.2. The summed E-state index contributed by atoms with van der Waals surface area (Å²) in [5.74, 6) is -1.58. The van der Waals surface area contributed by atoms with E-state index < -0.39 is 11.6 Å². The van der Waals surface area contributed by atoms with E-state index in [1.807, 2.05) is 0 Å². The predicted molar refractivity (Wildman–Crippen MR) is 71.6 cm³/mol. The summed E-state index contributed by atoms with van der Waals surface area (Å²) in [5.41, 5.74) is 5.19. The van der Waals surface area contributed by atoms with Gasteiger partial charge in [-0.05, 0) is 28.1 Å². The molecule has 0 aliphatic carbocycles. The van der Waals surface area contributed by atoms with Crippen molar-refractivity contribution in [3.63, 3.8) is 0 Å². The van der Waals surface area contributed by atoms with Crippen LogP contribution in [0.2, 0.25) is 0 Å². The van der Waals surface area contributed by atoms with Crippen LogP contribution in [0.15, 0.2) is 16.6 Å². The fraction of sp³-hybridized carbons (Fsp3) is 0.182. The van der Waals surface area contributed by atoms with Crippen LogP contribution in [0.3, 0.4) is 0 Å². The zero-order chi connectivity index (χ0) is 14.2. The highest BCUT2D eigenvalue weighted by Gasteiger charge is 2.19. The van der Waals surface area contributed by atoms with Crippen molar-refractivity contribution in [2.24, 2.45) is 0 Å². The molecule has 0 atom stereocenters. The molecule has 1 heterocycles. The number of hydrogen-bond donors (Lipinski definition) is 1. The van der Waals surface area contributed by atoms with Crippen molar-refractivity contribution in [2.45, 2.75) is 0 Å². The molecular weight excluding hydrogens is 320 g/mol. The standard InChI is InChI=1S/C11H10BrF2N5/c1-19(2)11-17-9(16-10(15)18-11)7-6(13)4-3-5(12)8(7)14/h3-4H,1-2H3,(H2,15,16,17,18). The van der Waals surface area contributed by atoms with E-state index in [4.69, 9.17) is 5.73 Å². The van der Waals surface area contributed by atoms with Gasteiger partial charge in [-0.1, -0.05) is 0 Å². The Bertz CT molecular complexity index is 633.